The number of carbonyl (C=O) groups excluding carboxylic acids is 3. The standard InChI is InChI=1S/C27H26N4O4S/c1-13-9-14(11-28)30-21(18(13)25(34)35-26(2,3)4)16-7-8-29-17-10-15(36-22(16)17)12-31-23(32)19-20(24(31)33)27(19,5)6/h7-10,19-20H,12H2,1-6H3. The summed E-state index contributed by atoms with van der Waals surface area (Å²) in [6, 6.07) is 7.24. The number of piperidine rings is 1. The molecule has 0 N–H and O–H groups in total. The fourth-order valence-corrected chi connectivity index (χ4v) is 6.20. The van der Waals surface area contributed by atoms with Crippen LogP contribution in [0.1, 0.15) is 61.1 Å². The lowest BCUT2D eigenvalue weighted by Crippen LogP contribution is -2.35. The molecule has 0 radical (unpaired) electrons. The SMILES string of the molecule is Cc1cc(C#N)nc(-c2ccnc3cc(CN4C(=O)C5C(C4=O)C5(C)C)sc23)c1C(=O)OC(C)(C)C. The Morgan fingerprint density at radius 3 is 2.50 bits per heavy atom. The topological polar surface area (TPSA) is 113 Å². The third-order valence-electron chi connectivity index (χ3n) is 6.86. The molecule has 2 fully saturated rings. The number of rotatable bonds is 4. The molecule has 4 heterocycles. The van der Waals surface area contributed by atoms with Gasteiger partial charge >= 0.3 is 5.97 Å². The van der Waals surface area contributed by atoms with Crippen molar-refractivity contribution in [2.24, 2.45) is 17.3 Å². The molecule has 2 aliphatic rings. The predicted octanol–water partition coefficient (Wildman–Crippen LogP) is 4.63. The molecule has 0 aromatic carbocycles. The van der Waals surface area contributed by atoms with Gasteiger partial charge in [-0.25, -0.2) is 9.78 Å². The van der Waals surface area contributed by atoms with Crippen molar-refractivity contribution in [2.75, 3.05) is 0 Å². The molecular formula is C27H26N4O4S. The summed E-state index contributed by atoms with van der Waals surface area (Å²) in [4.78, 5) is 49.9. The number of nitriles is 1. The first-order chi connectivity index (χ1) is 16.8. The minimum absolute atomic E-state index is 0.119. The zero-order valence-corrected chi connectivity index (χ0v) is 21.8. The molecule has 2 amide bonds. The Morgan fingerprint density at radius 1 is 1.22 bits per heavy atom. The number of hydrogen-bond donors (Lipinski definition) is 0. The van der Waals surface area contributed by atoms with E-state index < -0.39 is 11.6 Å². The van der Waals surface area contributed by atoms with E-state index in [0.29, 0.717) is 27.9 Å². The number of imide groups is 1. The quantitative estimate of drug-likeness (QED) is 0.377. The second-order valence-corrected chi connectivity index (χ2v) is 12.1. The number of nitrogens with zero attached hydrogens (tertiary/aromatic N) is 4. The van der Waals surface area contributed by atoms with E-state index in [1.54, 1.807) is 46.0 Å². The molecule has 9 heteroatoms. The highest BCUT2D eigenvalue weighted by Crippen LogP contribution is 2.63. The molecule has 1 aliphatic carbocycles. The van der Waals surface area contributed by atoms with Crippen LogP contribution < -0.4 is 0 Å². The average molecular weight is 503 g/mol. The van der Waals surface area contributed by atoms with Crippen molar-refractivity contribution in [3.05, 3.63) is 46.1 Å². The van der Waals surface area contributed by atoms with E-state index in [2.05, 4.69) is 16.0 Å². The second-order valence-electron chi connectivity index (χ2n) is 11.0. The van der Waals surface area contributed by atoms with Crippen LogP contribution in [0.2, 0.25) is 0 Å². The number of hydrogen-bond acceptors (Lipinski definition) is 8. The van der Waals surface area contributed by atoms with Crippen molar-refractivity contribution in [1.82, 2.24) is 14.9 Å². The molecule has 184 valence electrons. The number of ether oxygens (including phenoxy) is 1. The van der Waals surface area contributed by atoms with E-state index in [1.165, 1.54) is 16.2 Å². The molecule has 1 saturated heterocycles. The Morgan fingerprint density at radius 2 is 1.89 bits per heavy atom. The van der Waals surface area contributed by atoms with Gasteiger partial charge in [-0.15, -0.1) is 11.3 Å². The zero-order chi connectivity index (χ0) is 26.2. The summed E-state index contributed by atoms with van der Waals surface area (Å²) in [5.74, 6) is -1.22. The molecule has 36 heavy (non-hydrogen) atoms. The van der Waals surface area contributed by atoms with Crippen molar-refractivity contribution < 1.29 is 19.1 Å². The predicted molar refractivity (Wildman–Crippen MR) is 134 cm³/mol. The molecule has 0 bridgehead atoms. The first-order valence-corrected chi connectivity index (χ1v) is 12.5. The van der Waals surface area contributed by atoms with Gasteiger partial charge < -0.3 is 4.74 Å². The highest BCUT2D eigenvalue weighted by molar-refractivity contribution is 7.19. The summed E-state index contributed by atoms with van der Waals surface area (Å²) in [5, 5.41) is 9.53. The van der Waals surface area contributed by atoms with Crippen LogP contribution in [0.25, 0.3) is 21.5 Å². The van der Waals surface area contributed by atoms with E-state index in [1.807, 2.05) is 19.9 Å². The molecule has 0 spiro atoms. The molecule has 3 aromatic rings. The van der Waals surface area contributed by atoms with Gasteiger partial charge in [-0.3, -0.25) is 19.5 Å². The van der Waals surface area contributed by atoms with Crippen LogP contribution in [0.5, 0.6) is 0 Å². The maximum absolute atomic E-state index is 13.2. The maximum atomic E-state index is 13.2. The highest BCUT2D eigenvalue weighted by atomic mass is 32.1. The highest BCUT2D eigenvalue weighted by Gasteiger charge is 2.72. The minimum Gasteiger partial charge on any atom is -0.456 e. The molecule has 2 atom stereocenters. The van der Waals surface area contributed by atoms with Crippen molar-refractivity contribution in [3.63, 3.8) is 0 Å². The van der Waals surface area contributed by atoms with Crippen LogP contribution in [0.15, 0.2) is 24.4 Å². The van der Waals surface area contributed by atoms with Gasteiger partial charge in [-0.05, 0) is 56.9 Å². The van der Waals surface area contributed by atoms with Gasteiger partial charge in [0.25, 0.3) is 0 Å². The van der Waals surface area contributed by atoms with Gasteiger partial charge in [-0.2, -0.15) is 5.26 Å². The van der Waals surface area contributed by atoms with Gasteiger partial charge in [0.2, 0.25) is 11.8 Å². The van der Waals surface area contributed by atoms with E-state index in [-0.39, 0.29) is 41.3 Å². The summed E-state index contributed by atoms with van der Waals surface area (Å²) in [6.45, 7) is 11.2. The number of thiophene rings is 1. The summed E-state index contributed by atoms with van der Waals surface area (Å²) < 4.78 is 6.40. The molecule has 8 nitrogen and oxygen atoms in total. The second kappa shape index (κ2) is 7.93. The largest absolute Gasteiger partial charge is 0.456 e. The number of likely N-dealkylation sites (tertiary alicyclic amines) is 1. The third-order valence-corrected chi connectivity index (χ3v) is 8.00. The Balaban J connectivity index is 1.57. The number of fused-ring (bicyclic) bond motifs is 2. The number of amides is 2. The zero-order valence-electron chi connectivity index (χ0n) is 21.0. The fraction of sp³-hybridized carbons (Fsp3) is 0.407. The number of esters is 1. The third kappa shape index (κ3) is 3.77. The van der Waals surface area contributed by atoms with Crippen LogP contribution in [0.4, 0.5) is 0 Å². The summed E-state index contributed by atoms with van der Waals surface area (Å²) >= 11 is 1.39. The molecule has 2 unspecified atom stereocenters. The Bertz CT molecular complexity index is 1480. The van der Waals surface area contributed by atoms with Gasteiger partial charge in [0.15, 0.2) is 0 Å². The van der Waals surface area contributed by atoms with Crippen LogP contribution in [0, 0.1) is 35.5 Å². The van der Waals surface area contributed by atoms with Gasteiger partial charge in [0, 0.05) is 16.6 Å². The molecule has 1 aliphatic heterocycles. The molecule has 1 saturated carbocycles. The normalized spacial score (nSPS) is 20.4. The first-order valence-electron chi connectivity index (χ1n) is 11.7. The van der Waals surface area contributed by atoms with Crippen molar-refractivity contribution >= 4 is 39.3 Å². The summed E-state index contributed by atoms with van der Waals surface area (Å²) in [6.07, 6.45) is 1.62. The Labute approximate surface area is 212 Å². The number of aryl methyl sites for hydroxylation is 1. The lowest BCUT2D eigenvalue weighted by molar-refractivity contribution is -0.143. The van der Waals surface area contributed by atoms with E-state index in [4.69, 9.17) is 4.74 Å². The van der Waals surface area contributed by atoms with Gasteiger partial charge in [-0.1, -0.05) is 13.8 Å². The summed E-state index contributed by atoms with van der Waals surface area (Å²) in [5.41, 5.74) is 1.75. The van der Waals surface area contributed by atoms with E-state index in [0.717, 1.165) is 9.58 Å². The maximum Gasteiger partial charge on any atom is 0.341 e. The molecule has 5 rings (SSSR count). The Kier molecular flexibility index (Phi) is 5.31. The van der Waals surface area contributed by atoms with Crippen molar-refractivity contribution in [3.8, 4) is 17.3 Å². The molecule has 3 aromatic heterocycles. The first kappa shape index (κ1) is 24.1. The van der Waals surface area contributed by atoms with Crippen molar-refractivity contribution in [1.29, 1.82) is 5.26 Å². The van der Waals surface area contributed by atoms with Gasteiger partial charge in [0.1, 0.15) is 17.4 Å². The lowest BCUT2D eigenvalue weighted by atomic mass is 10.0. The Hall–Kier alpha value is -3.64. The molecular weight excluding hydrogens is 476 g/mol. The van der Waals surface area contributed by atoms with Crippen LogP contribution in [0.3, 0.4) is 0 Å². The fourth-order valence-electron chi connectivity index (χ4n) is 5.08. The summed E-state index contributed by atoms with van der Waals surface area (Å²) in [7, 11) is 0. The van der Waals surface area contributed by atoms with Crippen LogP contribution >= 0.6 is 11.3 Å². The van der Waals surface area contributed by atoms with Crippen LogP contribution in [-0.2, 0) is 20.9 Å². The smallest absolute Gasteiger partial charge is 0.341 e. The number of pyridine rings is 2. The monoisotopic (exact) mass is 502 g/mol. The van der Waals surface area contributed by atoms with E-state index in [9.17, 15) is 19.6 Å². The number of carbonyl (C=O) groups is 3. The van der Waals surface area contributed by atoms with Gasteiger partial charge in [0.05, 0.1) is 39.9 Å². The average Bonchev–Trinajstić information content (AvgIpc) is 3.03. The number of aromatic nitrogens is 2. The van der Waals surface area contributed by atoms with Crippen LogP contribution in [-0.4, -0.2) is 38.3 Å². The van der Waals surface area contributed by atoms with Crippen molar-refractivity contribution in [2.45, 2.75) is 53.7 Å². The van der Waals surface area contributed by atoms with E-state index >= 15 is 0 Å². The lowest BCUT2D eigenvalue weighted by Gasteiger charge is -2.21. The minimum atomic E-state index is -0.706.